The van der Waals surface area contributed by atoms with Crippen molar-refractivity contribution in [3.63, 3.8) is 0 Å². The molecule has 0 bridgehead atoms. The number of nitrogens with one attached hydrogen (secondary N) is 1. The highest BCUT2D eigenvalue weighted by Gasteiger charge is 2.21. The van der Waals surface area contributed by atoms with Gasteiger partial charge in [0.05, 0.1) is 15.7 Å². The first-order chi connectivity index (χ1) is 14.8. The third-order valence-corrected chi connectivity index (χ3v) is 7.40. The Morgan fingerprint density at radius 2 is 1.71 bits per heavy atom. The Labute approximate surface area is 188 Å². The molecule has 0 unspecified atom stereocenters. The molecule has 1 N–H and O–H groups in total. The number of rotatable bonds is 6. The Morgan fingerprint density at radius 1 is 1.03 bits per heavy atom. The SMILES string of the molecule is CC(=O)c1sc(C)nc1Oc1ccc(NS(=O)(=O)c2ccccc2Cl)c2ccccc12. The number of hydrogen-bond donors (Lipinski definition) is 1. The number of aryl methyl sites for hydroxylation is 1. The number of sulfonamides is 1. The number of anilines is 1. The van der Waals surface area contributed by atoms with Gasteiger partial charge in [0.1, 0.15) is 15.5 Å². The molecule has 0 aliphatic rings. The van der Waals surface area contributed by atoms with Crippen molar-refractivity contribution >= 4 is 55.2 Å². The summed E-state index contributed by atoms with van der Waals surface area (Å²) in [6.45, 7) is 3.26. The largest absolute Gasteiger partial charge is 0.437 e. The highest BCUT2D eigenvalue weighted by molar-refractivity contribution is 7.92. The molecule has 0 saturated heterocycles. The van der Waals surface area contributed by atoms with Crippen LogP contribution in [0, 0.1) is 6.92 Å². The normalized spacial score (nSPS) is 11.5. The Bertz CT molecular complexity index is 1410. The molecule has 158 valence electrons. The van der Waals surface area contributed by atoms with E-state index in [1.165, 1.54) is 30.4 Å². The van der Waals surface area contributed by atoms with Crippen molar-refractivity contribution in [3.8, 4) is 11.6 Å². The zero-order valence-electron chi connectivity index (χ0n) is 16.5. The van der Waals surface area contributed by atoms with Crippen LogP contribution in [-0.4, -0.2) is 19.2 Å². The summed E-state index contributed by atoms with van der Waals surface area (Å²) in [4.78, 5) is 16.6. The minimum absolute atomic E-state index is 0.00915. The van der Waals surface area contributed by atoms with Crippen molar-refractivity contribution in [3.05, 3.63) is 75.6 Å². The van der Waals surface area contributed by atoms with Gasteiger partial charge >= 0.3 is 0 Å². The lowest BCUT2D eigenvalue weighted by atomic mass is 10.1. The van der Waals surface area contributed by atoms with E-state index in [9.17, 15) is 13.2 Å². The summed E-state index contributed by atoms with van der Waals surface area (Å²) in [7, 11) is -3.90. The van der Waals surface area contributed by atoms with Gasteiger partial charge in [-0.05, 0) is 31.2 Å². The maximum atomic E-state index is 12.9. The van der Waals surface area contributed by atoms with E-state index in [0.29, 0.717) is 32.1 Å². The van der Waals surface area contributed by atoms with Crippen molar-refractivity contribution in [2.24, 2.45) is 0 Å². The lowest BCUT2D eigenvalue weighted by molar-refractivity contribution is 0.101. The van der Waals surface area contributed by atoms with Gasteiger partial charge in [-0.25, -0.2) is 13.4 Å². The number of Topliss-reactive ketones (excluding diaryl/α,β-unsaturated/α-hetero) is 1. The molecule has 31 heavy (non-hydrogen) atoms. The lowest BCUT2D eigenvalue weighted by Gasteiger charge is -2.14. The molecule has 0 aliphatic carbocycles. The number of hydrogen-bond acceptors (Lipinski definition) is 6. The van der Waals surface area contributed by atoms with Crippen LogP contribution in [0.25, 0.3) is 10.8 Å². The second kappa shape index (κ2) is 8.30. The molecule has 6 nitrogen and oxygen atoms in total. The summed E-state index contributed by atoms with van der Waals surface area (Å²) < 4.78 is 34.4. The van der Waals surface area contributed by atoms with Crippen LogP contribution in [0.2, 0.25) is 5.02 Å². The average molecular weight is 473 g/mol. The number of halogens is 1. The highest BCUT2D eigenvalue weighted by atomic mass is 35.5. The van der Waals surface area contributed by atoms with Crippen molar-refractivity contribution in [1.29, 1.82) is 0 Å². The van der Waals surface area contributed by atoms with E-state index in [1.54, 1.807) is 43.3 Å². The maximum absolute atomic E-state index is 12.9. The number of fused-ring (bicyclic) bond motifs is 1. The summed E-state index contributed by atoms with van der Waals surface area (Å²) in [6, 6.07) is 16.7. The van der Waals surface area contributed by atoms with Crippen LogP contribution >= 0.6 is 22.9 Å². The van der Waals surface area contributed by atoms with Crippen LogP contribution in [0.3, 0.4) is 0 Å². The fourth-order valence-corrected chi connectivity index (χ4v) is 5.46. The molecule has 0 spiro atoms. The zero-order chi connectivity index (χ0) is 22.2. The molecule has 1 aromatic heterocycles. The molecule has 4 rings (SSSR count). The third kappa shape index (κ3) is 4.27. The Balaban J connectivity index is 1.76. The van der Waals surface area contributed by atoms with Gasteiger partial charge in [0.15, 0.2) is 5.78 Å². The van der Waals surface area contributed by atoms with Gasteiger partial charge in [0.2, 0.25) is 5.88 Å². The maximum Gasteiger partial charge on any atom is 0.263 e. The van der Waals surface area contributed by atoms with Gasteiger partial charge in [0.25, 0.3) is 10.0 Å². The third-order valence-electron chi connectivity index (χ3n) is 4.48. The van der Waals surface area contributed by atoms with Crippen molar-refractivity contribution in [2.75, 3.05) is 4.72 Å². The number of ketones is 1. The van der Waals surface area contributed by atoms with Crippen LogP contribution < -0.4 is 9.46 Å². The van der Waals surface area contributed by atoms with Crippen LogP contribution in [0.4, 0.5) is 5.69 Å². The molecule has 4 aromatic rings. The van der Waals surface area contributed by atoms with E-state index in [4.69, 9.17) is 16.3 Å². The van der Waals surface area contributed by atoms with E-state index >= 15 is 0 Å². The monoisotopic (exact) mass is 472 g/mol. The molecule has 0 aliphatic heterocycles. The number of carbonyl (C=O) groups excluding carboxylic acids is 1. The van der Waals surface area contributed by atoms with E-state index in [2.05, 4.69) is 9.71 Å². The second-order valence-electron chi connectivity index (χ2n) is 6.72. The minimum Gasteiger partial charge on any atom is -0.437 e. The van der Waals surface area contributed by atoms with E-state index in [0.717, 1.165) is 0 Å². The van der Waals surface area contributed by atoms with Crippen LogP contribution in [0.1, 0.15) is 21.6 Å². The molecular weight excluding hydrogens is 456 g/mol. The van der Waals surface area contributed by atoms with Gasteiger partial charge in [0, 0.05) is 17.7 Å². The highest BCUT2D eigenvalue weighted by Crippen LogP contribution is 2.37. The summed E-state index contributed by atoms with van der Waals surface area (Å²) in [5.41, 5.74) is 0.379. The van der Waals surface area contributed by atoms with Crippen LogP contribution in [0.5, 0.6) is 11.6 Å². The number of nitrogens with zero attached hydrogens (tertiary/aromatic N) is 1. The molecule has 1 heterocycles. The van der Waals surface area contributed by atoms with Gasteiger partial charge in [-0.2, -0.15) is 0 Å². The first kappa shape index (κ1) is 21.3. The standard InChI is InChI=1S/C22H17ClN2O4S2/c1-13(26)21-22(24-14(2)30-21)29-19-12-11-18(15-7-3-4-8-16(15)19)25-31(27,28)20-10-6-5-9-17(20)23/h3-12,25H,1-2H3. The topological polar surface area (TPSA) is 85.4 Å². The zero-order valence-corrected chi connectivity index (χ0v) is 18.9. The number of thiazole rings is 1. The Hall–Kier alpha value is -2.94. The summed E-state index contributed by atoms with van der Waals surface area (Å²) in [6.07, 6.45) is 0. The smallest absolute Gasteiger partial charge is 0.263 e. The van der Waals surface area contributed by atoms with Crippen molar-refractivity contribution in [2.45, 2.75) is 18.7 Å². The average Bonchev–Trinajstić information content (AvgIpc) is 3.10. The molecule has 0 atom stereocenters. The molecule has 0 amide bonds. The quantitative estimate of drug-likeness (QED) is 0.345. The first-order valence-electron chi connectivity index (χ1n) is 9.21. The summed E-state index contributed by atoms with van der Waals surface area (Å²) >= 11 is 7.35. The molecule has 3 aromatic carbocycles. The number of carbonyl (C=O) groups is 1. The molecular formula is C22H17ClN2O4S2. The number of benzene rings is 3. The van der Waals surface area contributed by atoms with E-state index in [-0.39, 0.29) is 21.6 Å². The van der Waals surface area contributed by atoms with Crippen LogP contribution in [0.15, 0.2) is 65.6 Å². The fraction of sp³-hybridized carbons (Fsp3) is 0.0909. The molecule has 0 radical (unpaired) electrons. The van der Waals surface area contributed by atoms with Gasteiger partial charge in [-0.15, -0.1) is 11.3 Å². The Kier molecular flexibility index (Phi) is 5.70. The Morgan fingerprint density at radius 3 is 2.42 bits per heavy atom. The molecule has 0 saturated carbocycles. The van der Waals surface area contributed by atoms with E-state index < -0.39 is 10.0 Å². The predicted molar refractivity (Wildman–Crippen MR) is 123 cm³/mol. The molecule has 0 fully saturated rings. The van der Waals surface area contributed by atoms with Gasteiger partial charge in [-0.1, -0.05) is 48.0 Å². The lowest BCUT2D eigenvalue weighted by Crippen LogP contribution is -2.13. The fourth-order valence-electron chi connectivity index (χ4n) is 3.12. The van der Waals surface area contributed by atoms with Crippen LogP contribution in [-0.2, 0) is 10.0 Å². The second-order valence-corrected chi connectivity index (χ2v) is 9.98. The number of ether oxygens (including phenoxy) is 1. The summed E-state index contributed by atoms with van der Waals surface area (Å²) in [5, 5.41) is 2.15. The van der Waals surface area contributed by atoms with Gasteiger partial charge in [-0.3, -0.25) is 9.52 Å². The van der Waals surface area contributed by atoms with Gasteiger partial charge < -0.3 is 4.74 Å². The summed E-state index contributed by atoms with van der Waals surface area (Å²) in [5.74, 6) is 0.572. The molecule has 9 heteroatoms. The number of aromatic nitrogens is 1. The predicted octanol–water partition coefficient (Wildman–Crippen LogP) is 6.05. The van der Waals surface area contributed by atoms with E-state index in [1.807, 2.05) is 12.1 Å². The van der Waals surface area contributed by atoms with Crippen molar-refractivity contribution < 1.29 is 17.9 Å². The van der Waals surface area contributed by atoms with Crippen molar-refractivity contribution in [1.82, 2.24) is 4.98 Å². The minimum atomic E-state index is -3.90. The first-order valence-corrected chi connectivity index (χ1v) is 11.9.